The third-order valence-electron chi connectivity index (χ3n) is 3.28. The van der Waals surface area contributed by atoms with Gasteiger partial charge in [-0.2, -0.15) is 0 Å². The molecule has 18 heavy (non-hydrogen) atoms. The Bertz CT molecular complexity index is 389. The summed E-state index contributed by atoms with van der Waals surface area (Å²) in [7, 11) is 0. The van der Waals surface area contributed by atoms with E-state index >= 15 is 0 Å². The number of hydrogen-bond donors (Lipinski definition) is 1. The van der Waals surface area contributed by atoms with Gasteiger partial charge in [0.1, 0.15) is 5.75 Å². The second-order valence-corrected chi connectivity index (χ2v) is 5.75. The molecule has 1 atom stereocenters. The Hall–Kier alpha value is -0.580. The van der Waals surface area contributed by atoms with Crippen LogP contribution in [0.3, 0.4) is 0 Å². The van der Waals surface area contributed by atoms with Crippen LogP contribution in [0.15, 0.2) is 22.7 Å². The molecule has 100 valence electrons. The molecule has 0 aliphatic carbocycles. The number of benzene rings is 1. The average molecular weight is 314 g/mol. The summed E-state index contributed by atoms with van der Waals surface area (Å²) in [6, 6.07) is 5.99. The summed E-state index contributed by atoms with van der Waals surface area (Å²) in [4.78, 5) is 0. The molecule has 1 fully saturated rings. The van der Waals surface area contributed by atoms with Crippen LogP contribution in [0, 0.1) is 5.92 Å². The van der Waals surface area contributed by atoms with Crippen molar-refractivity contribution in [2.45, 2.75) is 25.8 Å². The van der Waals surface area contributed by atoms with E-state index in [-0.39, 0.29) is 6.04 Å². The van der Waals surface area contributed by atoms with Gasteiger partial charge in [0.25, 0.3) is 0 Å². The SMILES string of the molecule is CC(N)c1cc(Br)ccc1OCC1CCOCC1. The lowest BCUT2D eigenvalue weighted by atomic mass is 10.0. The average Bonchev–Trinajstić information content (AvgIpc) is 2.38. The predicted molar refractivity (Wildman–Crippen MR) is 75.8 cm³/mol. The topological polar surface area (TPSA) is 44.5 Å². The highest BCUT2D eigenvalue weighted by Gasteiger charge is 2.16. The zero-order chi connectivity index (χ0) is 13.0. The van der Waals surface area contributed by atoms with Gasteiger partial charge in [0.05, 0.1) is 6.61 Å². The molecule has 0 spiro atoms. The summed E-state index contributed by atoms with van der Waals surface area (Å²) in [5.41, 5.74) is 7.02. The molecular weight excluding hydrogens is 294 g/mol. The third kappa shape index (κ3) is 3.70. The van der Waals surface area contributed by atoms with Crippen molar-refractivity contribution in [3.05, 3.63) is 28.2 Å². The minimum absolute atomic E-state index is 0.0211. The fraction of sp³-hybridized carbons (Fsp3) is 0.571. The van der Waals surface area contributed by atoms with Gasteiger partial charge < -0.3 is 15.2 Å². The van der Waals surface area contributed by atoms with Crippen LogP contribution in [0.25, 0.3) is 0 Å². The second kappa shape index (κ2) is 6.55. The molecule has 0 amide bonds. The van der Waals surface area contributed by atoms with Crippen molar-refractivity contribution in [1.29, 1.82) is 0 Å². The Morgan fingerprint density at radius 3 is 2.83 bits per heavy atom. The normalized spacial score (nSPS) is 18.6. The van der Waals surface area contributed by atoms with Gasteiger partial charge in [0, 0.05) is 29.3 Å². The summed E-state index contributed by atoms with van der Waals surface area (Å²) in [6.07, 6.45) is 2.17. The molecule has 2 N–H and O–H groups in total. The first kappa shape index (κ1) is 13.8. The molecule has 0 saturated carbocycles. The van der Waals surface area contributed by atoms with E-state index in [2.05, 4.69) is 15.9 Å². The number of ether oxygens (including phenoxy) is 2. The summed E-state index contributed by atoms with van der Waals surface area (Å²) in [6.45, 7) is 4.44. The van der Waals surface area contributed by atoms with E-state index in [1.165, 1.54) is 0 Å². The van der Waals surface area contributed by atoms with Crippen molar-refractivity contribution in [1.82, 2.24) is 0 Å². The maximum atomic E-state index is 5.97. The van der Waals surface area contributed by atoms with Gasteiger partial charge in [0.2, 0.25) is 0 Å². The molecule has 1 saturated heterocycles. The lowest BCUT2D eigenvalue weighted by Crippen LogP contribution is -2.22. The van der Waals surface area contributed by atoms with E-state index in [1.807, 2.05) is 25.1 Å². The largest absolute Gasteiger partial charge is 0.493 e. The fourth-order valence-electron chi connectivity index (χ4n) is 2.13. The Kier molecular flexibility index (Phi) is 5.03. The standard InChI is InChI=1S/C14H20BrNO2/c1-10(16)13-8-12(15)2-3-14(13)18-9-11-4-6-17-7-5-11/h2-3,8,10-11H,4-7,9,16H2,1H3. The zero-order valence-corrected chi connectivity index (χ0v) is 12.3. The van der Waals surface area contributed by atoms with Crippen molar-refractivity contribution < 1.29 is 9.47 Å². The highest BCUT2D eigenvalue weighted by Crippen LogP contribution is 2.28. The van der Waals surface area contributed by atoms with E-state index in [0.717, 1.165) is 48.4 Å². The minimum Gasteiger partial charge on any atom is -0.493 e. The highest BCUT2D eigenvalue weighted by molar-refractivity contribution is 9.10. The Labute approximate surface area is 117 Å². The van der Waals surface area contributed by atoms with Crippen LogP contribution < -0.4 is 10.5 Å². The number of hydrogen-bond acceptors (Lipinski definition) is 3. The minimum atomic E-state index is -0.0211. The molecule has 1 aliphatic heterocycles. The van der Waals surface area contributed by atoms with Crippen LogP contribution in [0.1, 0.15) is 31.4 Å². The number of halogens is 1. The van der Waals surface area contributed by atoms with E-state index in [1.54, 1.807) is 0 Å². The second-order valence-electron chi connectivity index (χ2n) is 4.84. The summed E-state index contributed by atoms with van der Waals surface area (Å²) in [5, 5.41) is 0. The smallest absolute Gasteiger partial charge is 0.124 e. The monoisotopic (exact) mass is 313 g/mol. The van der Waals surface area contributed by atoms with Gasteiger partial charge in [0.15, 0.2) is 0 Å². The Balaban J connectivity index is 1.99. The predicted octanol–water partition coefficient (Wildman–Crippen LogP) is 3.27. The van der Waals surface area contributed by atoms with Crippen LogP contribution in [0.2, 0.25) is 0 Å². The van der Waals surface area contributed by atoms with Crippen LogP contribution in [-0.2, 0) is 4.74 Å². The Morgan fingerprint density at radius 2 is 2.17 bits per heavy atom. The molecule has 1 aromatic rings. The van der Waals surface area contributed by atoms with Crippen LogP contribution >= 0.6 is 15.9 Å². The van der Waals surface area contributed by atoms with Crippen molar-refractivity contribution in [3.8, 4) is 5.75 Å². The maximum absolute atomic E-state index is 5.97. The summed E-state index contributed by atoms with van der Waals surface area (Å²) in [5.74, 6) is 1.50. The highest BCUT2D eigenvalue weighted by atomic mass is 79.9. The first-order chi connectivity index (χ1) is 8.66. The molecule has 0 bridgehead atoms. The van der Waals surface area contributed by atoms with E-state index in [0.29, 0.717) is 5.92 Å². The van der Waals surface area contributed by atoms with Crippen molar-refractivity contribution in [2.24, 2.45) is 11.7 Å². The van der Waals surface area contributed by atoms with Gasteiger partial charge in [-0.15, -0.1) is 0 Å². The molecule has 0 aromatic heterocycles. The molecule has 1 aromatic carbocycles. The van der Waals surface area contributed by atoms with E-state index < -0.39 is 0 Å². The van der Waals surface area contributed by atoms with Gasteiger partial charge in [-0.05, 0) is 43.9 Å². The third-order valence-corrected chi connectivity index (χ3v) is 3.77. The van der Waals surface area contributed by atoms with Gasteiger partial charge in [-0.3, -0.25) is 0 Å². The lowest BCUT2D eigenvalue weighted by Gasteiger charge is -2.23. The zero-order valence-electron chi connectivity index (χ0n) is 10.7. The first-order valence-corrected chi connectivity index (χ1v) is 7.21. The van der Waals surface area contributed by atoms with Crippen LogP contribution in [0.5, 0.6) is 5.75 Å². The fourth-order valence-corrected chi connectivity index (χ4v) is 2.51. The summed E-state index contributed by atoms with van der Waals surface area (Å²) < 4.78 is 12.3. The van der Waals surface area contributed by atoms with Crippen molar-refractivity contribution >= 4 is 15.9 Å². The maximum Gasteiger partial charge on any atom is 0.124 e. The summed E-state index contributed by atoms with van der Waals surface area (Å²) >= 11 is 3.46. The lowest BCUT2D eigenvalue weighted by molar-refractivity contribution is 0.0495. The number of rotatable bonds is 4. The molecule has 3 nitrogen and oxygen atoms in total. The van der Waals surface area contributed by atoms with Crippen molar-refractivity contribution in [3.63, 3.8) is 0 Å². The quantitative estimate of drug-likeness (QED) is 0.927. The van der Waals surface area contributed by atoms with Gasteiger partial charge in [-0.1, -0.05) is 15.9 Å². The van der Waals surface area contributed by atoms with E-state index in [9.17, 15) is 0 Å². The molecular formula is C14H20BrNO2. The van der Waals surface area contributed by atoms with E-state index in [4.69, 9.17) is 15.2 Å². The van der Waals surface area contributed by atoms with Gasteiger partial charge >= 0.3 is 0 Å². The molecule has 1 aliphatic rings. The Morgan fingerprint density at radius 1 is 1.44 bits per heavy atom. The van der Waals surface area contributed by atoms with Crippen LogP contribution in [0.4, 0.5) is 0 Å². The molecule has 1 unspecified atom stereocenters. The first-order valence-electron chi connectivity index (χ1n) is 6.42. The molecule has 1 heterocycles. The van der Waals surface area contributed by atoms with Crippen molar-refractivity contribution in [2.75, 3.05) is 19.8 Å². The van der Waals surface area contributed by atoms with Gasteiger partial charge in [-0.25, -0.2) is 0 Å². The molecule has 2 rings (SSSR count). The van der Waals surface area contributed by atoms with Crippen LogP contribution in [-0.4, -0.2) is 19.8 Å². The molecule has 4 heteroatoms. The molecule has 0 radical (unpaired) electrons. The number of nitrogens with two attached hydrogens (primary N) is 1.